The van der Waals surface area contributed by atoms with E-state index in [0.717, 1.165) is 44.6 Å². The number of rotatable bonds is 22. The summed E-state index contributed by atoms with van der Waals surface area (Å²) in [5.74, 6) is -1.21. The van der Waals surface area contributed by atoms with Crippen molar-refractivity contribution in [3.63, 3.8) is 0 Å². The molecule has 0 unspecified atom stereocenters. The standard InChI is InChI=1S/C57H60N4O7S/c1-40(2)54(60-56(65)67-39-51-49-32-16-14-30-47(49)48-31-15-17-33-50(48)51)55(64)68-46(35-52(62)58-36-44-27-20-28-45(59-44)37-61(3)38-53(63)66-4)29-18-19-34-69-57(41-21-8-5-9-22-41,42-23-10-6-11-24-42)43-25-12-7-13-26-43/h5-18,20-33,40,46,51,54H,19,34-39H2,1-4H3,(H,58,62)(H,60,65)/b29-18+/t46-,54-/m1/s1. The molecule has 1 aliphatic carbocycles. The fourth-order valence-electron chi connectivity index (χ4n) is 8.71. The molecule has 0 saturated heterocycles. The molecule has 1 aliphatic rings. The highest BCUT2D eigenvalue weighted by atomic mass is 32.2. The summed E-state index contributed by atoms with van der Waals surface area (Å²) >= 11 is 1.81. The van der Waals surface area contributed by atoms with E-state index in [1.807, 2.05) is 104 Å². The van der Waals surface area contributed by atoms with Crippen molar-refractivity contribution < 1.29 is 33.4 Å². The number of ether oxygens (including phenoxy) is 3. The molecule has 356 valence electrons. The number of methoxy groups -OCH3 is 1. The van der Waals surface area contributed by atoms with Gasteiger partial charge in [0.2, 0.25) is 5.91 Å². The third kappa shape index (κ3) is 13.0. The average molecular weight is 945 g/mol. The van der Waals surface area contributed by atoms with Crippen LogP contribution < -0.4 is 10.6 Å². The second-order valence-corrected chi connectivity index (χ2v) is 18.7. The minimum Gasteiger partial charge on any atom is -0.468 e. The quantitative estimate of drug-likeness (QED) is 0.0223. The third-order valence-corrected chi connectivity index (χ3v) is 13.7. The van der Waals surface area contributed by atoms with Gasteiger partial charge in [-0.1, -0.05) is 166 Å². The number of carbonyl (C=O) groups excluding carboxylic acids is 4. The zero-order valence-corrected chi connectivity index (χ0v) is 40.4. The fraction of sp³-hybridized carbons (Fsp3) is 0.281. The molecule has 2 amide bonds. The van der Waals surface area contributed by atoms with Crippen molar-refractivity contribution in [2.45, 2.75) is 62.6 Å². The lowest BCUT2D eigenvalue weighted by Crippen LogP contribution is -2.47. The number of benzene rings is 5. The Hall–Kier alpha value is -7.02. The van der Waals surface area contributed by atoms with Gasteiger partial charge in [0.05, 0.1) is 42.8 Å². The topological polar surface area (TPSA) is 136 Å². The molecular weight excluding hydrogens is 885 g/mol. The Kier molecular flexibility index (Phi) is 17.6. The molecule has 69 heavy (non-hydrogen) atoms. The van der Waals surface area contributed by atoms with Crippen molar-refractivity contribution in [1.29, 1.82) is 0 Å². The Labute approximate surface area is 409 Å². The lowest BCUT2D eigenvalue weighted by atomic mass is 9.84. The highest BCUT2D eigenvalue weighted by Crippen LogP contribution is 2.49. The number of pyridine rings is 1. The minimum atomic E-state index is -1.05. The average Bonchev–Trinajstić information content (AvgIpc) is 3.69. The zero-order chi connectivity index (χ0) is 48.6. The molecule has 2 N–H and O–H groups in total. The van der Waals surface area contributed by atoms with E-state index in [9.17, 15) is 19.2 Å². The van der Waals surface area contributed by atoms with Crippen LogP contribution in [0, 0.1) is 5.92 Å². The molecule has 5 aromatic carbocycles. The Balaban J connectivity index is 1.05. The van der Waals surface area contributed by atoms with Gasteiger partial charge in [-0.3, -0.25) is 19.5 Å². The van der Waals surface area contributed by atoms with Crippen LogP contribution in [-0.2, 0) is 46.4 Å². The van der Waals surface area contributed by atoms with E-state index in [2.05, 4.69) is 101 Å². The number of hydrogen-bond acceptors (Lipinski definition) is 10. The van der Waals surface area contributed by atoms with Crippen molar-refractivity contribution >= 4 is 35.7 Å². The molecule has 1 aromatic heterocycles. The number of aromatic nitrogens is 1. The number of hydrogen-bond donors (Lipinski definition) is 2. The smallest absolute Gasteiger partial charge is 0.407 e. The van der Waals surface area contributed by atoms with Gasteiger partial charge in [0.1, 0.15) is 18.8 Å². The molecule has 6 aromatic rings. The number of fused-ring (bicyclic) bond motifs is 3. The van der Waals surface area contributed by atoms with E-state index in [4.69, 9.17) is 14.2 Å². The van der Waals surface area contributed by atoms with Crippen LogP contribution in [0.3, 0.4) is 0 Å². The van der Waals surface area contributed by atoms with Crippen LogP contribution in [0.25, 0.3) is 11.1 Å². The molecule has 11 nitrogen and oxygen atoms in total. The fourth-order valence-corrected chi connectivity index (χ4v) is 10.2. The Morgan fingerprint density at radius 3 is 1.86 bits per heavy atom. The molecule has 1 heterocycles. The highest BCUT2D eigenvalue weighted by Gasteiger charge is 2.37. The van der Waals surface area contributed by atoms with Crippen molar-refractivity contribution in [3.05, 3.63) is 209 Å². The molecule has 0 fully saturated rings. The van der Waals surface area contributed by atoms with E-state index in [1.54, 1.807) is 18.0 Å². The number of carbonyl (C=O) groups is 4. The summed E-state index contributed by atoms with van der Waals surface area (Å²) in [6.45, 7) is 4.37. The molecule has 12 heteroatoms. The van der Waals surface area contributed by atoms with Gasteiger partial charge in [0.15, 0.2) is 0 Å². The SMILES string of the molecule is COC(=O)CN(C)Cc1cccc(CNC(=O)C[C@@H](/C=C/CCSC(c2ccccc2)(c2ccccc2)c2ccccc2)OC(=O)[C@H](NC(=O)OCC2c3ccccc3-c3ccccc32)C(C)C)n1. The van der Waals surface area contributed by atoms with Crippen LogP contribution in [0.15, 0.2) is 170 Å². The molecule has 0 spiro atoms. The Morgan fingerprint density at radius 2 is 1.29 bits per heavy atom. The highest BCUT2D eigenvalue weighted by molar-refractivity contribution is 8.00. The van der Waals surface area contributed by atoms with Gasteiger partial charge in [0.25, 0.3) is 0 Å². The number of amides is 2. The monoisotopic (exact) mass is 944 g/mol. The first kappa shape index (κ1) is 49.9. The number of allylic oxidation sites excluding steroid dienone is 1. The lowest BCUT2D eigenvalue weighted by Gasteiger charge is -2.35. The minimum absolute atomic E-state index is 0.0886. The van der Waals surface area contributed by atoms with E-state index < -0.39 is 29.0 Å². The van der Waals surface area contributed by atoms with Gasteiger partial charge in [-0.05, 0) is 82.3 Å². The van der Waals surface area contributed by atoms with Gasteiger partial charge < -0.3 is 24.8 Å². The van der Waals surface area contributed by atoms with Crippen LogP contribution in [0.5, 0.6) is 0 Å². The molecule has 0 aliphatic heterocycles. The van der Waals surface area contributed by atoms with Crippen molar-refractivity contribution in [3.8, 4) is 11.1 Å². The predicted molar refractivity (Wildman–Crippen MR) is 271 cm³/mol. The number of nitrogens with one attached hydrogen (secondary N) is 2. The second kappa shape index (κ2) is 24.3. The molecule has 0 radical (unpaired) electrons. The number of esters is 2. The molecule has 7 rings (SSSR count). The summed E-state index contributed by atoms with van der Waals surface area (Å²) in [6.07, 6.45) is 2.44. The van der Waals surface area contributed by atoms with Crippen molar-refractivity contribution in [1.82, 2.24) is 20.5 Å². The van der Waals surface area contributed by atoms with E-state index in [1.165, 1.54) is 7.11 Å². The number of thioether (sulfide) groups is 1. The van der Waals surface area contributed by atoms with Crippen molar-refractivity contribution in [2.24, 2.45) is 5.92 Å². The van der Waals surface area contributed by atoms with E-state index in [0.29, 0.717) is 24.4 Å². The maximum absolute atomic E-state index is 14.1. The van der Waals surface area contributed by atoms with Crippen molar-refractivity contribution in [2.75, 3.05) is 33.1 Å². The first-order chi connectivity index (χ1) is 33.5. The summed E-state index contributed by atoms with van der Waals surface area (Å²) in [5.41, 5.74) is 9.18. The van der Waals surface area contributed by atoms with Crippen LogP contribution in [0.2, 0.25) is 0 Å². The molecule has 0 saturated carbocycles. The molecule has 2 atom stereocenters. The van der Waals surface area contributed by atoms with E-state index in [-0.39, 0.29) is 49.8 Å². The lowest BCUT2D eigenvalue weighted by molar-refractivity contribution is -0.151. The van der Waals surface area contributed by atoms with E-state index >= 15 is 0 Å². The van der Waals surface area contributed by atoms with Crippen LogP contribution in [0.4, 0.5) is 4.79 Å². The molecular formula is C57H60N4O7S. The summed E-state index contributed by atoms with van der Waals surface area (Å²) in [6, 6.07) is 52.0. The largest absolute Gasteiger partial charge is 0.468 e. The normalized spacial score (nSPS) is 13.1. The van der Waals surface area contributed by atoms with Crippen LogP contribution in [0.1, 0.15) is 71.8 Å². The van der Waals surface area contributed by atoms with Gasteiger partial charge in [-0.15, -0.1) is 11.8 Å². The number of nitrogens with zero attached hydrogens (tertiary/aromatic N) is 2. The maximum Gasteiger partial charge on any atom is 0.407 e. The van der Waals surface area contributed by atoms with Gasteiger partial charge in [-0.2, -0.15) is 0 Å². The summed E-state index contributed by atoms with van der Waals surface area (Å²) in [5, 5.41) is 5.70. The summed E-state index contributed by atoms with van der Waals surface area (Å²) < 4.78 is 16.2. The summed E-state index contributed by atoms with van der Waals surface area (Å²) in [4.78, 5) is 59.4. The molecule has 0 bridgehead atoms. The Morgan fingerprint density at radius 1 is 0.739 bits per heavy atom. The first-order valence-electron chi connectivity index (χ1n) is 23.3. The van der Waals surface area contributed by atoms with Gasteiger partial charge >= 0.3 is 18.0 Å². The third-order valence-electron chi connectivity index (χ3n) is 12.1. The second-order valence-electron chi connectivity index (χ2n) is 17.4. The first-order valence-corrected chi connectivity index (χ1v) is 24.3. The summed E-state index contributed by atoms with van der Waals surface area (Å²) in [7, 11) is 3.14. The predicted octanol–water partition coefficient (Wildman–Crippen LogP) is 9.84. The van der Waals surface area contributed by atoms with Crippen LogP contribution >= 0.6 is 11.8 Å². The Bertz CT molecular complexity index is 2540. The maximum atomic E-state index is 14.1. The van der Waals surface area contributed by atoms with Gasteiger partial charge in [0, 0.05) is 12.5 Å². The number of likely N-dealkylation sites (N-methyl/N-ethyl adjacent to an activating group) is 1. The zero-order valence-electron chi connectivity index (χ0n) is 39.6. The number of alkyl carbamates (subject to hydrolysis) is 1. The van der Waals surface area contributed by atoms with Gasteiger partial charge in [-0.25, -0.2) is 9.59 Å². The van der Waals surface area contributed by atoms with Crippen LogP contribution in [-0.4, -0.2) is 79.0 Å².